The zero-order valence-electron chi connectivity index (χ0n) is 20.9. The fraction of sp³-hybridized carbons (Fsp3) is 0.720. The average molecular weight is 574 g/mol. The van der Waals surface area contributed by atoms with E-state index >= 15 is 0 Å². The van der Waals surface area contributed by atoms with Gasteiger partial charge in [0.1, 0.15) is 11.5 Å². The molecule has 2 aliphatic heterocycles. The summed E-state index contributed by atoms with van der Waals surface area (Å²) >= 11 is 0. The molecule has 1 unspecified atom stereocenters. The first-order chi connectivity index (χ1) is 15.6. The smallest absolute Gasteiger partial charge is 0.191 e. The number of halogens is 1. The molecule has 0 radical (unpaired) electrons. The number of nitrogens with zero attached hydrogens (tertiary/aromatic N) is 3. The Morgan fingerprint density at radius 2 is 1.67 bits per heavy atom. The molecule has 2 N–H and O–H groups in total. The number of ether oxygens (including phenoxy) is 2. The number of hydrogen-bond donors (Lipinski definition) is 2. The Morgan fingerprint density at radius 3 is 2.27 bits per heavy atom. The highest BCUT2D eigenvalue weighted by Gasteiger charge is 2.24. The molecule has 3 rings (SSSR count). The van der Waals surface area contributed by atoms with Gasteiger partial charge in [0.2, 0.25) is 0 Å². The van der Waals surface area contributed by atoms with Crippen LogP contribution >= 0.6 is 24.0 Å². The lowest BCUT2D eigenvalue weighted by Gasteiger charge is -2.30. The minimum Gasteiger partial charge on any atom is -0.497 e. The second kappa shape index (κ2) is 14.9. The molecule has 7 nitrogen and oxygen atoms in total. The van der Waals surface area contributed by atoms with Gasteiger partial charge in [-0.2, -0.15) is 0 Å². The summed E-state index contributed by atoms with van der Waals surface area (Å²) in [5, 5.41) is 7.11. The first-order valence-electron chi connectivity index (χ1n) is 12.3. The third-order valence-electron chi connectivity index (χ3n) is 6.74. The number of guanidine groups is 1. The van der Waals surface area contributed by atoms with Gasteiger partial charge in [-0.3, -0.25) is 9.89 Å². The van der Waals surface area contributed by atoms with Gasteiger partial charge in [0.05, 0.1) is 14.2 Å². The van der Waals surface area contributed by atoms with Crippen molar-refractivity contribution in [3.05, 3.63) is 23.8 Å². The normalized spacial score (nSPS) is 20.4. The van der Waals surface area contributed by atoms with Crippen LogP contribution in [-0.4, -0.2) is 81.8 Å². The SMILES string of the molecule is CCNC(=NCCC1CCN(CC)CC1)NC1CCN(Cc2cc(OC)cc(OC)c2)C1.I. The summed E-state index contributed by atoms with van der Waals surface area (Å²) in [5.74, 6) is 3.48. The van der Waals surface area contributed by atoms with Crippen LogP contribution in [0.3, 0.4) is 0 Å². The molecular weight excluding hydrogens is 529 g/mol. The van der Waals surface area contributed by atoms with E-state index in [4.69, 9.17) is 14.5 Å². The summed E-state index contributed by atoms with van der Waals surface area (Å²) in [6, 6.07) is 6.54. The zero-order chi connectivity index (χ0) is 22.8. The van der Waals surface area contributed by atoms with E-state index in [-0.39, 0.29) is 24.0 Å². The summed E-state index contributed by atoms with van der Waals surface area (Å²) in [6.07, 6.45) is 4.96. The van der Waals surface area contributed by atoms with Gasteiger partial charge in [-0.25, -0.2) is 0 Å². The molecule has 188 valence electrons. The van der Waals surface area contributed by atoms with E-state index in [1.165, 1.54) is 44.5 Å². The van der Waals surface area contributed by atoms with E-state index in [1.54, 1.807) is 14.2 Å². The van der Waals surface area contributed by atoms with Gasteiger partial charge in [-0.1, -0.05) is 6.92 Å². The number of methoxy groups -OCH3 is 2. The number of likely N-dealkylation sites (tertiary alicyclic amines) is 2. The van der Waals surface area contributed by atoms with Gasteiger partial charge in [0.15, 0.2) is 5.96 Å². The van der Waals surface area contributed by atoms with E-state index in [9.17, 15) is 0 Å². The van der Waals surface area contributed by atoms with E-state index in [0.717, 1.165) is 62.5 Å². The van der Waals surface area contributed by atoms with E-state index in [0.29, 0.717) is 6.04 Å². The maximum Gasteiger partial charge on any atom is 0.191 e. The van der Waals surface area contributed by atoms with Crippen LogP contribution in [0.5, 0.6) is 11.5 Å². The molecule has 0 aliphatic carbocycles. The van der Waals surface area contributed by atoms with Crippen LogP contribution in [0.1, 0.15) is 45.1 Å². The Kier molecular flexibility index (Phi) is 12.6. The number of benzene rings is 1. The van der Waals surface area contributed by atoms with Crippen LogP contribution in [0.2, 0.25) is 0 Å². The third-order valence-corrected chi connectivity index (χ3v) is 6.74. The van der Waals surface area contributed by atoms with Gasteiger partial charge in [-0.05, 0) is 75.9 Å². The van der Waals surface area contributed by atoms with Crippen molar-refractivity contribution in [2.75, 3.05) is 60.0 Å². The topological polar surface area (TPSA) is 61.4 Å². The van der Waals surface area contributed by atoms with Crippen molar-refractivity contribution >= 4 is 29.9 Å². The Morgan fingerprint density at radius 1 is 1.00 bits per heavy atom. The van der Waals surface area contributed by atoms with Crippen LogP contribution in [-0.2, 0) is 6.54 Å². The zero-order valence-corrected chi connectivity index (χ0v) is 23.3. The maximum absolute atomic E-state index is 5.42. The van der Waals surface area contributed by atoms with Crippen molar-refractivity contribution in [3.63, 3.8) is 0 Å². The number of rotatable bonds is 10. The molecule has 33 heavy (non-hydrogen) atoms. The number of nitrogens with one attached hydrogen (secondary N) is 2. The lowest BCUT2D eigenvalue weighted by atomic mass is 9.94. The monoisotopic (exact) mass is 573 g/mol. The minimum atomic E-state index is 0. The molecule has 0 aromatic heterocycles. The number of aliphatic imine (C=N–C) groups is 1. The van der Waals surface area contributed by atoms with E-state index < -0.39 is 0 Å². The van der Waals surface area contributed by atoms with Crippen molar-refractivity contribution < 1.29 is 9.47 Å². The van der Waals surface area contributed by atoms with Crippen LogP contribution in [0.15, 0.2) is 23.2 Å². The average Bonchev–Trinajstić information content (AvgIpc) is 3.25. The summed E-state index contributed by atoms with van der Waals surface area (Å²) < 4.78 is 10.8. The summed E-state index contributed by atoms with van der Waals surface area (Å²) in [7, 11) is 3.40. The molecule has 0 amide bonds. The predicted molar refractivity (Wildman–Crippen MR) is 147 cm³/mol. The highest BCUT2D eigenvalue weighted by Crippen LogP contribution is 2.24. The van der Waals surface area contributed by atoms with Crippen LogP contribution in [0.25, 0.3) is 0 Å². The summed E-state index contributed by atoms with van der Waals surface area (Å²) in [5.41, 5.74) is 1.22. The first kappa shape index (κ1) is 28.0. The lowest BCUT2D eigenvalue weighted by molar-refractivity contribution is 0.188. The molecule has 8 heteroatoms. The van der Waals surface area contributed by atoms with Gasteiger partial charge in [0, 0.05) is 44.8 Å². The number of hydrogen-bond acceptors (Lipinski definition) is 5. The Hall–Kier alpha value is -1.26. The standard InChI is InChI=1S/C25H43N5O2.HI/c1-5-26-25(27-11-7-20-8-12-29(6-2)13-9-20)28-22-10-14-30(19-22)18-21-15-23(31-3)17-24(16-21)32-4;/h15-17,20,22H,5-14,18-19H2,1-4H3,(H2,26,27,28);1H. The van der Waals surface area contributed by atoms with Crippen molar-refractivity contribution in [2.45, 2.75) is 52.1 Å². The molecule has 2 saturated heterocycles. The number of piperidine rings is 1. The van der Waals surface area contributed by atoms with E-state index in [1.807, 2.05) is 6.07 Å². The quantitative estimate of drug-likeness (QED) is 0.254. The second-order valence-corrected chi connectivity index (χ2v) is 9.01. The van der Waals surface area contributed by atoms with Crippen molar-refractivity contribution in [1.82, 2.24) is 20.4 Å². The molecule has 1 aromatic carbocycles. The van der Waals surface area contributed by atoms with Crippen molar-refractivity contribution in [1.29, 1.82) is 0 Å². The van der Waals surface area contributed by atoms with Gasteiger partial charge >= 0.3 is 0 Å². The Labute approximate surface area is 217 Å². The molecule has 2 heterocycles. The van der Waals surface area contributed by atoms with E-state index in [2.05, 4.69) is 46.4 Å². The van der Waals surface area contributed by atoms with Crippen molar-refractivity contribution in [2.24, 2.45) is 10.9 Å². The van der Waals surface area contributed by atoms with Gasteiger partial charge in [-0.15, -0.1) is 24.0 Å². The molecule has 2 aliphatic rings. The lowest BCUT2D eigenvalue weighted by Crippen LogP contribution is -2.44. The highest BCUT2D eigenvalue weighted by atomic mass is 127. The fourth-order valence-electron chi connectivity index (χ4n) is 4.77. The molecular formula is C25H44IN5O2. The van der Waals surface area contributed by atoms with Gasteiger partial charge in [0.25, 0.3) is 0 Å². The van der Waals surface area contributed by atoms with Crippen LogP contribution < -0.4 is 20.1 Å². The predicted octanol–water partition coefficient (Wildman–Crippen LogP) is 3.57. The molecule has 0 bridgehead atoms. The summed E-state index contributed by atoms with van der Waals surface area (Å²) in [6.45, 7) is 12.9. The first-order valence-corrected chi connectivity index (χ1v) is 12.3. The highest BCUT2D eigenvalue weighted by molar-refractivity contribution is 14.0. The maximum atomic E-state index is 5.42. The largest absolute Gasteiger partial charge is 0.497 e. The molecule has 0 spiro atoms. The Bertz CT molecular complexity index is 702. The molecule has 0 saturated carbocycles. The minimum absolute atomic E-state index is 0. The fourth-order valence-corrected chi connectivity index (χ4v) is 4.77. The van der Waals surface area contributed by atoms with Crippen LogP contribution in [0, 0.1) is 5.92 Å². The van der Waals surface area contributed by atoms with Crippen LogP contribution in [0.4, 0.5) is 0 Å². The molecule has 1 aromatic rings. The van der Waals surface area contributed by atoms with Crippen molar-refractivity contribution in [3.8, 4) is 11.5 Å². The molecule has 1 atom stereocenters. The summed E-state index contributed by atoms with van der Waals surface area (Å²) in [4.78, 5) is 9.93. The Balaban J connectivity index is 0.00000385. The second-order valence-electron chi connectivity index (χ2n) is 9.01. The third kappa shape index (κ3) is 9.13. The molecule has 2 fully saturated rings. The van der Waals surface area contributed by atoms with Gasteiger partial charge < -0.3 is 25.0 Å².